The standard InChI is InChI=1S/C16H13BrN2O2/c1-2-3-15-12-8-10(20)4-6-14(12)18-19(15)16-7-5-11(21)9-13(16)17/h2,4-9,20-21H,1,3H2. The van der Waals surface area contributed by atoms with E-state index in [1.54, 1.807) is 47.2 Å². The zero-order valence-electron chi connectivity index (χ0n) is 11.1. The molecule has 0 atom stereocenters. The van der Waals surface area contributed by atoms with Gasteiger partial charge in [0.2, 0.25) is 0 Å². The van der Waals surface area contributed by atoms with Gasteiger partial charge >= 0.3 is 0 Å². The van der Waals surface area contributed by atoms with Gasteiger partial charge in [-0.25, -0.2) is 4.68 Å². The van der Waals surface area contributed by atoms with Gasteiger partial charge in [-0.1, -0.05) is 6.08 Å². The molecule has 1 aromatic heterocycles. The first kappa shape index (κ1) is 13.7. The quantitative estimate of drug-likeness (QED) is 0.707. The number of fused-ring (bicyclic) bond motifs is 1. The summed E-state index contributed by atoms with van der Waals surface area (Å²) in [5.41, 5.74) is 2.55. The summed E-state index contributed by atoms with van der Waals surface area (Å²) in [6.45, 7) is 3.78. The molecule has 0 unspecified atom stereocenters. The lowest BCUT2D eigenvalue weighted by Crippen LogP contribution is -2.02. The topological polar surface area (TPSA) is 58.3 Å². The number of phenols is 2. The summed E-state index contributed by atoms with van der Waals surface area (Å²) in [5.74, 6) is 0.391. The van der Waals surface area contributed by atoms with Crippen LogP contribution in [-0.2, 0) is 6.42 Å². The molecule has 0 bridgehead atoms. The fourth-order valence-electron chi connectivity index (χ4n) is 2.32. The average Bonchev–Trinajstić information content (AvgIpc) is 2.78. The van der Waals surface area contributed by atoms with E-state index < -0.39 is 0 Å². The molecule has 0 radical (unpaired) electrons. The van der Waals surface area contributed by atoms with Crippen LogP contribution in [0.15, 0.2) is 53.5 Å². The van der Waals surface area contributed by atoms with Crippen molar-refractivity contribution in [1.29, 1.82) is 0 Å². The number of allylic oxidation sites excluding steroid dienone is 1. The normalized spacial score (nSPS) is 10.9. The Morgan fingerprint density at radius 2 is 1.86 bits per heavy atom. The van der Waals surface area contributed by atoms with E-state index in [4.69, 9.17) is 0 Å². The summed E-state index contributed by atoms with van der Waals surface area (Å²) in [7, 11) is 0. The Kier molecular flexibility index (Phi) is 3.43. The first-order chi connectivity index (χ1) is 10.1. The molecule has 0 aliphatic carbocycles. The smallest absolute Gasteiger partial charge is 0.116 e. The molecule has 0 saturated carbocycles. The fourth-order valence-corrected chi connectivity index (χ4v) is 2.86. The molecular formula is C16H13BrN2O2. The zero-order valence-corrected chi connectivity index (χ0v) is 12.7. The van der Waals surface area contributed by atoms with Crippen molar-refractivity contribution in [3.8, 4) is 17.2 Å². The Balaban J connectivity index is 2.30. The number of aromatic nitrogens is 2. The third-order valence-electron chi connectivity index (χ3n) is 3.25. The number of hydrogen-bond acceptors (Lipinski definition) is 3. The van der Waals surface area contributed by atoms with Gasteiger partial charge in [0, 0.05) is 16.3 Å². The minimum Gasteiger partial charge on any atom is -0.508 e. The molecule has 106 valence electrons. The maximum absolute atomic E-state index is 9.69. The monoisotopic (exact) mass is 344 g/mol. The predicted molar refractivity (Wildman–Crippen MR) is 86.0 cm³/mol. The maximum atomic E-state index is 9.69. The fraction of sp³-hybridized carbons (Fsp3) is 0.0625. The van der Waals surface area contributed by atoms with E-state index in [2.05, 4.69) is 27.6 Å². The molecular weight excluding hydrogens is 332 g/mol. The number of nitrogens with zero attached hydrogens (tertiary/aromatic N) is 2. The maximum Gasteiger partial charge on any atom is 0.116 e. The number of aromatic hydroxyl groups is 2. The van der Waals surface area contributed by atoms with Gasteiger partial charge in [-0.3, -0.25) is 0 Å². The molecule has 0 amide bonds. The molecule has 2 aromatic carbocycles. The Bertz CT molecular complexity index is 840. The molecule has 0 spiro atoms. The van der Waals surface area contributed by atoms with Crippen LogP contribution in [0.4, 0.5) is 0 Å². The second-order valence-electron chi connectivity index (χ2n) is 4.69. The molecule has 3 rings (SSSR count). The second-order valence-corrected chi connectivity index (χ2v) is 5.54. The van der Waals surface area contributed by atoms with Gasteiger partial charge in [-0.15, -0.1) is 6.58 Å². The van der Waals surface area contributed by atoms with Gasteiger partial charge in [0.1, 0.15) is 11.5 Å². The third-order valence-corrected chi connectivity index (χ3v) is 3.89. The van der Waals surface area contributed by atoms with E-state index in [0.717, 1.165) is 26.8 Å². The molecule has 0 fully saturated rings. The van der Waals surface area contributed by atoms with Crippen molar-refractivity contribution in [1.82, 2.24) is 9.78 Å². The molecule has 4 nitrogen and oxygen atoms in total. The SMILES string of the molecule is C=CCc1c2cc(O)ccc2nn1-c1ccc(O)cc1Br. The molecule has 0 aliphatic rings. The van der Waals surface area contributed by atoms with E-state index in [9.17, 15) is 10.2 Å². The van der Waals surface area contributed by atoms with E-state index in [1.807, 2.05) is 0 Å². The van der Waals surface area contributed by atoms with Gasteiger partial charge in [0.15, 0.2) is 0 Å². The van der Waals surface area contributed by atoms with Crippen LogP contribution < -0.4 is 0 Å². The van der Waals surface area contributed by atoms with Crippen molar-refractivity contribution in [2.24, 2.45) is 0 Å². The van der Waals surface area contributed by atoms with Crippen molar-refractivity contribution < 1.29 is 10.2 Å². The minimum atomic E-state index is 0.185. The lowest BCUT2D eigenvalue weighted by atomic mass is 10.1. The van der Waals surface area contributed by atoms with Crippen LogP contribution >= 0.6 is 15.9 Å². The number of benzene rings is 2. The van der Waals surface area contributed by atoms with Crippen molar-refractivity contribution in [2.75, 3.05) is 0 Å². The highest BCUT2D eigenvalue weighted by molar-refractivity contribution is 9.10. The highest BCUT2D eigenvalue weighted by Crippen LogP contribution is 2.30. The highest BCUT2D eigenvalue weighted by atomic mass is 79.9. The van der Waals surface area contributed by atoms with Crippen molar-refractivity contribution in [3.63, 3.8) is 0 Å². The van der Waals surface area contributed by atoms with Crippen LogP contribution in [0.1, 0.15) is 5.69 Å². The van der Waals surface area contributed by atoms with Gasteiger partial charge < -0.3 is 10.2 Å². The zero-order chi connectivity index (χ0) is 15.0. The summed E-state index contributed by atoms with van der Waals surface area (Å²) in [6.07, 6.45) is 2.42. The number of rotatable bonds is 3. The molecule has 3 aromatic rings. The third kappa shape index (κ3) is 2.40. The van der Waals surface area contributed by atoms with Crippen LogP contribution in [0.25, 0.3) is 16.6 Å². The Hall–Kier alpha value is -2.27. The van der Waals surface area contributed by atoms with Crippen LogP contribution in [0, 0.1) is 0 Å². The summed E-state index contributed by atoms with van der Waals surface area (Å²) < 4.78 is 2.54. The van der Waals surface area contributed by atoms with Crippen molar-refractivity contribution in [2.45, 2.75) is 6.42 Å². The Morgan fingerprint density at radius 3 is 2.57 bits per heavy atom. The van der Waals surface area contributed by atoms with E-state index in [-0.39, 0.29) is 11.5 Å². The van der Waals surface area contributed by atoms with Crippen LogP contribution in [0.2, 0.25) is 0 Å². The summed E-state index contributed by atoms with van der Waals surface area (Å²) in [6, 6.07) is 10.1. The Labute approximate surface area is 130 Å². The first-order valence-electron chi connectivity index (χ1n) is 6.40. The number of halogens is 1. The average molecular weight is 345 g/mol. The summed E-state index contributed by atoms with van der Waals surface area (Å²) in [5, 5.41) is 24.7. The Morgan fingerprint density at radius 1 is 1.14 bits per heavy atom. The molecule has 21 heavy (non-hydrogen) atoms. The lowest BCUT2D eigenvalue weighted by molar-refractivity contribution is 0.474. The molecule has 5 heteroatoms. The largest absolute Gasteiger partial charge is 0.508 e. The molecule has 1 heterocycles. The molecule has 0 saturated heterocycles. The van der Waals surface area contributed by atoms with Gasteiger partial charge in [0.05, 0.1) is 16.9 Å². The van der Waals surface area contributed by atoms with Crippen molar-refractivity contribution in [3.05, 3.63) is 59.2 Å². The van der Waals surface area contributed by atoms with Crippen molar-refractivity contribution >= 4 is 26.8 Å². The van der Waals surface area contributed by atoms with Gasteiger partial charge in [-0.2, -0.15) is 5.10 Å². The van der Waals surface area contributed by atoms with E-state index in [1.165, 1.54) is 0 Å². The lowest BCUT2D eigenvalue weighted by Gasteiger charge is -2.09. The molecule has 2 N–H and O–H groups in total. The van der Waals surface area contributed by atoms with Crippen LogP contribution in [-0.4, -0.2) is 20.0 Å². The summed E-state index contributed by atoms with van der Waals surface area (Å²) >= 11 is 3.44. The summed E-state index contributed by atoms with van der Waals surface area (Å²) in [4.78, 5) is 0. The number of hydrogen-bond donors (Lipinski definition) is 2. The van der Waals surface area contributed by atoms with Gasteiger partial charge in [-0.05, 0) is 52.3 Å². The van der Waals surface area contributed by atoms with Crippen LogP contribution in [0.5, 0.6) is 11.5 Å². The minimum absolute atomic E-state index is 0.185. The van der Waals surface area contributed by atoms with Crippen LogP contribution in [0.3, 0.4) is 0 Å². The van der Waals surface area contributed by atoms with E-state index >= 15 is 0 Å². The molecule has 0 aliphatic heterocycles. The van der Waals surface area contributed by atoms with E-state index in [0.29, 0.717) is 6.42 Å². The predicted octanol–water partition coefficient (Wildman–Crippen LogP) is 3.93. The highest BCUT2D eigenvalue weighted by Gasteiger charge is 2.14. The second kappa shape index (κ2) is 5.26. The van der Waals surface area contributed by atoms with Gasteiger partial charge in [0.25, 0.3) is 0 Å². The number of phenolic OH excluding ortho intramolecular Hbond substituents is 2. The first-order valence-corrected chi connectivity index (χ1v) is 7.20.